The molecule has 0 spiro atoms. The van der Waals surface area contributed by atoms with Crippen molar-refractivity contribution in [2.24, 2.45) is 5.73 Å². The Labute approximate surface area is 117 Å². The Morgan fingerprint density at radius 3 is 2.16 bits per heavy atom. The molecule has 0 aliphatic rings. The number of hydrogen-bond acceptors (Lipinski definition) is 4. The summed E-state index contributed by atoms with van der Waals surface area (Å²) in [5, 5.41) is 9.11. The van der Waals surface area contributed by atoms with Gasteiger partial charge in [0.15, 0.2) is 0 Å². The van der Waals surface area contributed by atoms with Gasteiger partial charge in [-0.25, -0.2) is 0 Å². The van der Waals surface area contributed by atoms with Gasteiger partial charge in [-0.1, -0.05) is 13.8 Å². The summed E-state index contributed by atoms with van der Waals surface area (Å²) in [6.45, 7) is 8.05. The van der Waals surface area contributed by atoms with Crippen molar-refractivity contribution in [1.82, 2.24) is 9.80 Å². The number of rotatable bonds is 11. The summed E-state index contributed by atoms with van der Waals surface area (Å²) in [5.74, 6) is -0.884. The lowest BCUT2D eigenvalue weighted by Crippen LogP contribution is -2.47. The average molecular weight is 273 g/mol. The normalized spacial score (nSPS) is 14.9. The molecule has 0 saturated heterocycles. The quantitative estimate of drug-likeness (QED) is 0.592. The van der Waals surface area contributed by atoms with Crippen molar-refractivity contribution in [3.05, 3.63) is 0 Å². The molecule has 5 heteroatoms. The van der Waals surface area contributed by atoms with Crippen molar-refractivity contribution >= 4 is 5.97 Å². The Morgan fingerprint density at radius 2 is 1.74 bits per heavy atom. The van der Waals surface area contributed by atoms with E-state index in [1.807, 2.05) is 6.92 Å². The monoisotopic (exact) mass is 273 g/mol. The van der Waals surface area contributed by atoms with Gasteiger partial charge in [0.05, 0.1) is 0 Å². The Kier molecular flexibility index (Phi) is 8.97. The van der Waals surface area contributed by atoms with Gasteiger partial charge in [0.1, 0.15) is 5.54 Å². The fourth-order valence-electron chi connectivity index (χ4n) is 2.09. The van der Waals surface area contributed by atoms with Crippen molar-refractivity contribution in [1.29, 1.82) is 0 Å². The molecule has 0 heterocycles. The average Bonchev–Trinajstić information content (AvgIpc) is 2.35. The molecule has 0 saturated carbocycles. The molecule has 0 aromatic carbocycles. The molecular formula is C14H31N3O2. The highest BCUT2D eigenvalue weighted by molar-refractivity contribution is 5.78. The number of hydrogen-bond donors (Lipinski definition) is 2. The zero-order chi connectivity index (χ0) is 14.9. The zero-order valence-corrected chi connectivity index (χ0v) is 13.0. The highest BCUT2D eigenvalue weighted by atomic mass is 16.4. The van der Waals surface area contributed by atoms with Crippen LogP contribution in [0.3, 0.4) is 0 Å². The number of carboxylic acid groups (broad SMARTS) is 1. The molecule has 5 nitrogen and oxygen atoms in total. The SMILES string of the molecule is CCN(CCCN(C)C)CCCC(N)(CC)C(=O)O. The lowest BCUT2D eigenvalue weighted by Gasteiger charge is -2.26. The van der Waals surface area contributed by atoms with E-state index in [1.165, 1.54) is 0 Å². The van der Waals surface area contributed by atoms with Crippen molar-refractivity contribution in [2.75, 3.05) is 40.3 Å². The molecule has 0 amide bonds. The molecule has 0 aromatic heterocycles. The molecule has 0 aliphatic carbocycles. The van der Waals surface area contributed by atoms with Crippen LogP contribution in [0.5, 0.6) is 0 Å². The van der Waals surface area contributed by atoms with Gasteiger partial charge in [-0.3, -0.25) is 4.79 Å². The van der Waals surface area contributed by atoms with E-state index in [-0.39, 0.29) is 0 Å². The minimum Gasteiger partial charge on any atom is -0.480 e. The Morgan fingerprint density at radius 1 is 1.16 bits per heavy atom. The van der Waals surface area contributed by atoms with Crippen molar-refractivity contribution in [2.45, 2.75) is 45.1 Å². The minimum absolute atomic E-state index is 0.481. The van der Waals surface area contributed by atoms with Crippen molar-refractivity contribution < 1.29 is 9.90 Å². The molecule has 1 unspecified atom stereocenters. The molecule has 0 aromatic rings. The fourth-order valence-corrected chi connectivity index (χ4v) is 2.09. The van der Waals surface area contributed by atoms with Gasteiger partial charge in [-0.15, -0.1) is 0 Å². The maximum Gasteiger partial charge on any atom is 0.323 e. The first-order chi connectivity index (χ1) is 8.85. The first-order valence-corrected chi connectivity index (χ1v) is 7.25. The smallest absolute Gasteiger partial charge is 0.323 e. The van der Waals surface area contributed by atoms with E-state index in [0.29, 0.717) is 12.8 Å². The topological polar surface area (TPSA) is 69.8 Å². The standard InChI is InChI=1S/C14H31N3O2/c1-5-14(15,13(18)19)9-7-11-17(6-2)12-8-10-16(3)4/h5-12,15H2,1-4H3,(H,18,19). The van der Waals surface area contributed by atoms with Crippen LogP contribution in [0.1, 0.15) is 39.5 Å². The highest BCUT2D eigenvalue weighted by Crippen LogP contribution is 2.15. The van der Waals surface area contributed by atoms with Gasteiger partial charge in [0.2, 0.25) is 0 Å². The Bertz CT molecular complexity index is 259. The first kappa shape index (κ1) is 18.4. The van der Waals surface area contributed by atoms with E-state index in [2.05, 4.69) is 30.8 Å². The third-order valence-electron chi connectivity index (χ3n) is 3.68. The second-order valence-electron chi connectivity index (χ2n) is 5.51. The number of aliphatic carboxylic acids is 1. The van der Waals surface area contributed by atoms with Gasteiger partial charge in [-0.2, -0.15) is 0 Å². The number of nitrogens with zero attached hydrogens (tertiary/aromatic N) is 2. The van der Waals surface area contributed by atoms with E-state index in [1.54, 1.807) is 0 Å². The summed E-state index contributed by atoms with van der Waals surface area (Å²) in [6, 6.07) is 0. The van der Waals surface area contributed by atoms with Gasteiger partial charge in [0.25, 0.3) is 0 Å². The van der Waals surface area contributed by atoms with Crippen LogP contribution in [0.4, 0.5) is 0 Å². The largest absolute Gasteiger partial charge is 0.480 e. The maximum absolute atomic E-state index is 11.1. The van der Waals surface area contributed by atoms with E-state index < -0.39 is 11.5 Å². The van der Waals surface area contributed by atoms with Crippen molar-refractivity contribution in [3.8, 4) is 0 Å². The van der Waals surface area contributed by atoms with Gasteiger partial charge in [0, 0.05) is 0 Å². The summed E-state index contributed by atoms with van der Waals surface area (Å²) < 4.78 is 0. The van der Waals surface area contributed by atoms with E-state index >= 15 is 0 Å². The predicted molar refractivity (Wildman–Crippen MR) is 79.4 cm³/mol. The molecule has 0 fully saturated rings. The molecule has 0 aliphatic heterocycles. The minimum atomic E-state index is -1.05. The van der Waals surface area contributed by atoms with Gasteiger partial charge < -0.3 is 20.6 Å². The van der Waals surface area contributed by atoms with Crippen molar-refractivity contribution in [3.63, 3.8) is 0 Å². The van der Waals surface area contributed by atoms with Crippen LogP contribution in [0.2, 0.25) is 0 Å². The third-order valence-corrected chi connectivity index (χ3v) is 3.68. The van der Waals surface area contributed by atoms with Gasteiger partial charge in [-0.05, 0) is 66.0 Å². The molecule has 0 bridgehead atoms. The molecule has 3 N–H and O–H groups in total. The van der Waals surface area contributed by atoms with Crippen LogP contribution in [-0.2, 0) is 4.79 Å². The lowest BCUT2D eigenvalue weighted by atomic mass is 9.92. The molecular weight excluding hydrogens is 242 g/mol. The molecule has 114 valence electrons. The number of carboxylic acids is 1. The second kappa shape index (κ2) is 9.28. The maximum atomic E-state index is 11.1. The summed E-state index contributed by atoms with van der Waals surface area (Å²) >= 11 is 0. The Hall–Kier alpha value is -0.650. The summed E-state index contributed by atoms with van der Waals surface area (Å²) in [4.78, 5) is 15.6. The highest BCUT2D eigenvalue weighted by Gasteiger charge is 2.31. The summed E-state index contributed by atoms with van der Waals surface area (Å²) in [5.41, 5.74) is 4.83. The Balaban J connectivity index is 3.97. The lowest BCUT2D eigenvalue weighted by molar-refractivity contribution is -0.143. The molecule has 19 heavy (non-hydrogen) atoms. The van der Waals surface area contributed by atoms with Crippen LogP contribution in [0, 0.1) is 0 Å². The molecule has 1 atom stereocenters. The summed E-state index contributed by atoms with van der Waals surface area (Å²) in [6.07, 6.45) is 3.01. The van der Waals surface area contributed by atoms with Crippen LogP contribution in [0.15, 0.2) is 0 Å². The number of carbonyl (C=O) groups is 1. The van der Waals surface area contributed by atoms with Gasteiger partial charge >= 0.3 is 5.97 Å². The van der Waals surface area contributed by atoms with Crippen LogP contribution >= 0.6 is 0 Å². The van der Waals surface area contributed by atoms with E-state index in [0.717, 1.165) is 39.0 Å². The predicted octanol–water partition coefficient (Wildman–Crippen LogP) is 1.23. The summed E-state index contributed by atoms with van der Waals surface area (Å²) in [7, 11) is 4.15. The third kappa shape index (κ3) is 7.50. The molecule has 0 rings (SSSR count). The number of nitrogens with two attached hydrogens (primary N) is 1. The van der Waals surface area contributed by atoms with E-state index in [4.69, 9.17) is 10.8 Å². The van der Waals surface area contributed by atoms with Crippen LogP contribution in [-0.4, -0.2) is 66.7 Å². The zero-order valence-electron chi connectivity index (χ0n) is 13.0. The van der Waals surface area contributed by atoms with Crippen LogP contribution in [0.25, 0.3) is 0 Å². The first-order valence-electron chi connectivity index (χ1n) is 7.25. The molecule has 0 radical (unpaired) electrons. The second-order valence-corrected chi connectivity index (χ2v) is 5.51. The van der Waals surface area contributed by atoms with E-state index in [9.17, 15) is 4.79 Å². The fraction of sp³-hybridized carbons (Fsp3) is 0.929. The van der Waals surface area contributed by atoms with Crippen LogP contribution < -0.4 is 5.73 Å².